The van der Waals surface area contributed by atoms with Crippen LogP contribution in [0.15, 0.2) is 24.3 Å². The number of unbranched alkanes of at least 4 members (excludes halogenated alkanes) is 4. The van der Waals surface area contributed by atoms with Gasteiger partial charge in [0.05, 0.1) is 13.2 Å². The lowest BCUT2D eigenvalue weighted by atomic mass is 10.1. The lowest BCUT2D eigenvalue weighted by molar-refractivity contribution is -0.135. The lowest BCUT2D eigenvalue weighted by Gasteiger charge is -2.03. The summed E-state index contributed by atoms with van der Waals surface area (Å²) >= 11 is 0. The van der Waals surface area contributed by atoms with Crippen LogP contribution in [0.5, 0.6) is 11.5 Å². The molecule has 0 N–H and O–H groups in total. The molecule has 4 heteroatoms. The van der Waals surface area contributed by atoms with E-state index < -0.39 is 0 Å². The summed E-state index contributed by atoms with van der Waals surface area (Å²) in [5, 5.41) is 0. The van der Waals surface area contributed by atoms with Gasteiger partial charge in [-0.25, -0.2) is 4.79 Å². The van der Waals surface area contributed by atoms with Crippen molar-refractivity contribution in [3.8, 4) is 11.5 Å². The summed E-state index contributed by atoms with van der Waals surface area (Å²) in [6.45, 7) is 2.20. The van der Waals surface area contributed by atoms with Gasteiger partial charge in [-0.3, -0.25) is 0 Å². The predicted molar refractivity (Wildman–Crippen MR) is 80.7 cm³/mol. The van der Waals surface area contributed by atoms with E-state index in [1.165, 1.54) is 25.7 Å². The molecule has 1 saturated heterocycles. The number of methoxy groups -OCH3 is 1. The molecule has 1 aliphatic rings. The van der Waals surface area contributed by atoms with Gasteiger partial charge in [-0.15, -0.1) is 0 Å². The molecule has 0 aromatic heterocycles. The topological polar surface area (TPSA) is 48.1 Å². The molecule has 0 radical (unpaired) electrons. The molecule has 0 amide bonds. The highest BCUT2D eigenvalue weighted by Crippen LogP contribution is 2.29. The molecule has 21 heavy (non-hydrogen) atoms. The summed E-state index contributed by atoms with van der Waals surface area (Å²) < 4.78 is 15.8. The molecule has 0 aliphatic carbocycles. The maximum absolute atomic E-state index is 11.9. The molecular formula is C17H24O4. The van der Waals surface area contributed by atoms with Crippen LogP contribution in [-0.2, 0) is 9.53 Å². The van der Waals surface area contributed by atoms with E-state index >= 15 is 0 Å². The first-order valence-corrected chi connectivity index (χ1v) is 7.75. The van der Waals surface area contributed by atoms with E-state index in [1.54, 1.807) is 31.4 Å². The number of ether oxygens (including phenoxy) is 3. The second-order valence-electron chi connectivity index (χ2n) is 5.39. The van der Waals surface area contributed by atoms with Crippen molar-refractivity contribution < 1.29 is 19.0 Å². The van der Waals surface area contributed by atoms with E-state index in [9.17, 15) is 4.79 Å². The van der Waals surface area contributed by atoms with E-state index in [1.807, 2.05) is 0 Å². The van der Waals surface area contributed by atoms with Crippen LogP contribution in [0.4, 0.5) is 0 Å². The summed E-state index contributed by atoms with van der Waals surface area (Å²) in [4.78, 5) is 11.9. The molecule has 1 fully saturated rings. The first-order valence-electron chi connectivity index (χ1n) is 7.75. The zero-order valence-corrected chi connectivity index (χ0v) is 12.8. The second-order valence-corrected chi connectivity index (χ2v) is 5.39. The molecule has 116 valence electrons. The van der Waals surface area contributed by atoms with Crippen LogP contribution in [0.3, 0.4) is 0 Å². The van der Waals surface area contributed by atoms with Gasteiger partial charge in [-0.05, 0) is 30.7 Å². The Bertz CT molecular complexity index is 441. The monoisotopic (exact) mass is 292 g/mol. The standard InChI is InChI=1S/C17H24O4/c1-3-4-5-6-7-8-15-16(21-15)17(18)20-14-11-9-13(19-2)10-12-14/h9-12,15-16H,3-8H2,1-2H3/t15-,16+/m1/s1. The van der Waals surface area contributed by atoms with Crippen LogP contribution >= 0.6 is 0 Å². The highest BCUT2D eigenvalue weighted by atomic mass is 16.6. The molecule has 0 saturated carbocycles. The summed E-state index contributed by atoms with van der Waals surface area (Å²) in [7, 11) is 1.60. The Morgan fingerprint density at radius 2 is 1.76 bits per heavy atom. The Morgan fingerprint density at radius 3 is 2.43 bits per heavy atom. The van der Waals surface area contributed by atoms with Crippen molar-refractivity contribution >= 4 is 5.97 Å². The van der Waals surface area contributed by atoms with Crippen molar-refractivity contribution in [3.63, 3.8) is 0 Å². The molecular weight excluding hydrogens is 268 g/mol. The fourth-order valence-electron chi connectivity index (χ4n) is 2.34. The minimum Gasteiger partial charge on any atom is -0.497 e. The number of benzene rings is 1. The van der Waals surface area contributed by atoms with Crippen LogP contribution < -0.4 is 9.47 Å². The first kappa shape index (κ1) is 15.8. The molecule has 1 aromatic rings. The molecule has 1 heterocycles. The summed E-state index contributed by atoms with van der Waals surface area (Å²) in [6, 6.07) is 6.97. The number of esters is 1. The fourth-order valence-corrected chi connectivity index (χ4v) is 2.34. The molecule has 2 atom stereocenters. The SMILES string of the molecule is CCCCCCC[C@H]1O[C@@H]1C(=O)Oc1ccc(OC)cc1. The Hall–Kier alpha value is -1.55. The number of epoxide rings is 1. The highest BCUT2D eigenvalue weighted by molar-refractivity contribution is 5.80. The number of rotatable bonds is 9. The van der Waals surface area contributed by atoms with Crippen molar-refractivity contribution in [3.05, 3.63) is 24.3 Å². The second kappa shape index (κ2) is 8.03. The number of hydrogen-bond acceptors (Lipinski definition) is 4. The maximum Gasteiger partial charge on any atom is 0.343 e. The third kappa shape index (κ3) is 5.05. The van der Waals surface area contributed by atoms with Crippen molar-refractivity contribution in [2.75, 3.05) is 7.11 Å². The van der Waals surface area contributed by atoms with E-state index in [0.717, 1.165) is 18.6 Å². The zero-order valence-electron chi connectivity index (χ0n) is 12.8. The van der Waals surface area contributed by atoms with Crippen LogP contribution in [-0.4, -0.2) is 25.3 Å². The highest BCUT2D eigenvalue weighted by Gasteiger charge is 2.45. The van der Waals surface area contributed by atoms with Crippen LogP contribution in [0.25, 0.3) is 0 Å². The van der Waals surface area contributed by atoms with Gasteiger partial charge in [-0.1, -0.05) is 39.0 Å². The Labute approximate surface area is 126 Å². The minimum absolute atomic E-state index is 0.0531. The molecule has 1 aliphatic heterocycles. The molecule has 1 aromatic carbocycles. The van der Waals surface area contributed by atoms with Crippen LogP contribution in [0.2, 0.25) is 0 Å². The zero-order chi connectivity index (χ0) is 15.1. The summed E-state index contributed by atoms with van der Waals surface area (Å²) in [5.41, 5.74) is 0. The number of hydrogen-bond donors (Lipinski definition) is 0. The minimum atomic E-state index is -0.377. The quantitative estimate of drug-likeness (QED) is 0.301. The van der Waals surface area contributed by atoms with Gasteiger partial charge in [0.1, 0.15) is 11.5 Å². The van der Waals surface area contributed by atoms with Gasteiger partial charge in [0.25, 0.3) is 0 Å². The lowest BCUT2D eigenvalue weighted by Crippen LogP contribution is -2.17. The van der Waals surface area contributed by atoms with Crippen molar-refractivity contribution in [1.82, 2.24) is 0 Å². The Balaban J connectivity index is 1.65. The average Bonchev–Trinajstić information content (AvgIpc) is 3.27. The molecule has 0 unspecified atom stereocenters. The van der Waals surface area contributed by atoms with Crippen LogP contribution in [0, 0.1) is 0 Å². The smallest absolute Gasteiger partial charge is 0.343 e. The third-order valence-electron chi connectivity index (χ3n) is 3.68. The Kier molecular flexibility index (Phi) is 6.05. The number of carbonyl (C=O) groups is 1. The summed E-state index contributed by atoms with van der Waals surface area (Å²) in [5.74, 6) is 0.971. The molecule has 0 spiro atoms. The Morgan fingerprint density at radius 1 is 1.10 bits per heavy atom. The normalized spacial score (nSPS) is 20.1. The van der Waals surface area contributed by atoms with Gasteiger partial charge in [-0.2, -0.15) is 0 Å². The van der Waals surface area contributed by atoms with E-state index in [0.29, 0.717) is 5.75 Å². The first-order chi connectivity index (χ1) is 10.2. The maximum atomic E-state index is 11.9. The molecule has 4 nitrogen and oxygen atoms in total. The van der Waals surface area contributed by atoms with Crippen molar-refractivity contribution in [2.24, 2.45) is 0 Å². The van der Waals surface area contributed by atoms with Gasteiger partial charge in [0, 0.05) is 0 Å². The molecule has 2 rings (SSSR count). The van der Waals surface area contributed by atoms with Gasteiger partial charge >= 0.3 is 5.97 Å². The fraction of sp³-hybridized carbons (Fsp3) is 0.588. The number of carbonyl (C=O) groups excluding carboxylic acids is 1. The van der Waals surface area contributed by atoms with Crippen molar-refractivity contribution in [2.45, 2.75) is 57.7 Å². The van der Waals surface area contributed by atoms with E-state index in [-0.39, 0.29) is 18.2 Å². The van der Waals surface area contributed by atoms with E-state index in [2.05, 4.69) is 6.92 Å². The van der Waals surface area contributed by atoms with Crippen LogP contribution in [0.1, 0.15) is 45.4 Å². The molecule has 0 bridgehead atoms. The average molecular weight is 292 g/mol. The largest absolute Gasteiger partial charge is 0.497 e. The third-order valence-corrected chi connectivity index (χ3v) is 3.68. The van der Waals surface area contributed by atoms with Crippen molar-refractivity contribution in [1.29, 1.82) is 0 Å². The van der Waals surface area contributed by atoms with Gasteiger partial charge in [0.2, 0.25) is 0 Å². The van der Waals surface area contributed by atoms with Gasteiger partial charge < -0.3 is 14.2 Å². The van der Waals surface area contributed by atoms with E-state index in [4.69, 9.17) is 14.2 Å². The predicted octanol–water partition coefficient (Wildman–Crippen LogP) is 3.73. The van der Waals surface area contributed by atoms with Gasteiger partial charge in [0.15, 0.2) is 6.10 Å². The summed E-state index contributed by atoms with van der Waals surface area (Å²) in [6.07, 6.45) is 6.77.